The fraction of sp³-hybridized carbons (Fsp3) is 0.286. The van der Waals surface area contributed by atoms with Crippen LogP contribution in [0.15, 0.2) is 42.6 Å². The smallest absolute Gasteiger partial charge is 0.271 e. The van der Waals surface area contributed by atoms with E-state index in [-0.39, 0.29) is 5.91 Å². The molecule has 0 fully saturated rings. The molecule has 100 valence electrons. The molecule has 0 aliphatic rings. The van der Waals surface area contributed by atoms with Crippen molar-refractivity contribution < 1.29 is 4.79 Å². The first-order valence-corrected chi connectivity index (χ1v) is 6.14. The number of hydrogen-bond acceptors (Lipinski definition) is 3. The summed E-state index contributed by atoms with van der Waals surface area (Å²) in [4.78, 5) is 11.9. The fourth-order valence-corrected chi connectivity index (χ4v) is 1.57. The molecule has 0 spiro atoms. The number of nitrogens with zero attached hydrogens (tertiary/aromatic N) is 2. The van der Waals surface area contributed by atoms with Crippen molar-refractivity contribution >= 4 is 5.91 Å². The van der Waals surface area contributed by atoms with E-state index in [0.29, 0.717) is 12.2 Å². The highest BCUT2D eigenvalue weighted by molar-refractivity contribution is 5.92. The maximum atomic E-state index is 11.9. The van der Waals surface area contributed by atoms with Gasteiger partial charge in [-0.25, -0.2) is 4.68 Å². The van der Waals surface area contributed by atoms with Gasteiger partial charge in [0.1, 0.15) is 0 Å². The van der Waals surface area contributed by atoms with Crippen LogP contribution in [-0.2, 0) is 0 Å². The highest BCUT2D eigenvalue weighted by Gasteiger charge is 2.15. The van der Waals surface area contributed by atoms with Gasteiger partial charge in [-0.3, -0.25) is 4.79 Å². The van der Waals surface area contributed by atoms with E-state index in [1.165, 1.54) is 0 Å². The minimum Gasteiger partial charge on any atom is -0.349 e. The molecule has 0 saturated heterocycles. The Morgan fingerprint density at radius 2 is 2.00 bits per heavy atom. The second kappa shape index (κ2) is 5.24. The number of carbonyl (C=O) groups is 1. The highest BCUT2D eigenvalue weighted by Crippen LogP contribution is 2.06. The monoisotopic (exact) mass is 258 g/mol. The second-order valence-corrected chi connectivity index (χ2v) is 5.15. The molecule has 0 radical (unpaired) electrons. The van der Waals surface area contributed by atoms with Crippen LogP contribution in [-0.4, -0.2) is 27.8 Å². The number of nitrogens with two attached hydrogens (primary N) is 1. The molecular formula is C14H18N4O. The number of hydrogen-bond donors (Lipinski definition) is 2. The molecule has 0 bridgehead atoms. The number of nitrogens with one attached hydrogen (secondary N) is 1. The number of carbonyl (C=O) groups excluding carboxylic acids is 1. The minimum atomic E-state index is -0.433. The van der Waals surface area contributed by atoms with Crippen molar-refractivity contribution in [3.05, 3.63) is 48.3 Å². The van der Waals surface area contributed by atoms with E-state index in [4.69, 9.17) is 5.73 Å². The largest absolute Gasteiger partial charge is 0.349 e. The van der Waals surface area contributed by atoms with Gasteiger partial charge in [0, 0.05) is 18.3 Å². The molecule has 3 N–H and O–H groups in total. The Morgan fingerprint density at radius 1 is 1.32 bits per heavy atom. The summed E-state index contributed by atoms with van der Waals surface area (Å²) in [5.41, 5.74) is 6.68. The zero-order valence-electron chi connectivity index (χ0n) is 11.1. The number of amides is 1. The summed E-state index contributed by atoms with van der Waals surface area (Å²) in [6.07, 6.45) is 1.76. The van der Waals surface area contributed by atoms with Crippen molar-refractivity contribution in [1.29, 1.82) is 0 Å². The summed E-state index contributed by atoms with van der Waals surface area (Å²) < 4.78 is 1.67. The summed E-state index contributed by atoms with van der Waals surface area (Å²) in [5, 5.41) is 7.01. The maximum absolute atomic E-state index is 11.9. The molecule has 5 heteroatoms. The molecule has 1 heterocycles. The Hall–Kier alpha value is -2.14. The van der Waals surface area contributed by atoms with Gasteiger partial charge in [0.25, 0.3) is 5.91 Å². The Bertz CT molecular complexity index is 554. The molecule has 19 heavy (non-hydrogen) atoms. The van der Waals surface area contributed by atoms with Crippen LogP contribution in [0.2, 0.25) is 0 Å². The quantitative estimate of drug-likeness (QED) is 0.869. The van der Waals surface area contributed by atoms with E-state index >= 15 is 0 Å². The molecule has 5 nitrogen and oxygen atoms in total. The molecule has 0 unspecified atom stereocenters. The fourth-order valence-electron chi connectivity index (χ4n) is 1.57. The second-order valence-electron chi connectivity index (χ2n) is 5.15. The topological polar surface area (TPSA) is 72.9 Å². The lowest BCUT2D eigenvalue weighted by atomic mass is 10.1. The molecule has 1 aromatic carbocycles. The van der Waals surface area contributed by atoms with Gasteiger partial charge >= 0.3 is 0 Å². The van der Waals surface area contributed by atoms with Crippen LogP contribution < -0.4 is 11.1 Å². The van der Waals surface area contributed by atoms with Crippen LogP contribution in [0, 0.1) is 0 Å². The predicted octanol–water partition coefficient (Wildman–Crippen LogP) is 1.34. The average molecular weight is 258 g/mol. The van der Waals surface area contributed by atoms with E-state index in [9.17, 15) is 4.79 Å². The van der Waals surface area contributed by atoms with Gasteiger partial charge < -0.3 is 11.1 Å². The van der Waals surface area contributed by atoms with Gasteiger partial charge in [-0.05, 0) is 32.0 Å². The van der Waals surface area contributed by atoms with Crippen molar-refractivity contribution in [1.82, 2.24) is 15.1 Å². The summed E-state index contributed by atoms with van der Waals surface area (Å²) in [5.74, 6) is -0.215. The van der Waals surface area contributed by atoms with Crippen molar-refractivity contribution in [2.45, 2.75) is 19.4 Å². The molecular weight excluding hydrogens is 240 g/mol. The first kappa shape index (κ1) is 13.3. The van der Waals surface area contributed by atoms with Crippen LogP contribution >= 0.6 is 0 Å². The summed E-state index contributed by atoms with van der Waals surface area (Å²) >= 11 is 0. The molecule has 1 amide bonds. The molecule has 0 aliphatic heterocycles. The zero-order chi connectivity index (χ0) is 13.9. The molecule has 1 aromatic heterocycles. The molecule has 0 aliphatic carbocycles. The van der Waals surface area contributed by atoms with Crippen molar-refractivity contribution in [2.24, 2.45) is 5.73 Å². The van der Waals surface area contributed by atoms with Crippen LogP contribution in [0.4, 0.5) is 0 Å². The lowest BCUT2D eigenvalue weighted by Crippen LogP contribution is -2.45. The lowest BCUT2D eigenvalue weighted by molar-refractivity contribution is 0.0940. The highest BCUT2D eigenvalue weighted by atomic mass is 16.1. The van der Waals surface area contributed by atoms with Crippen molar-refractivity contribution in [2.75, 3.05) is 6.54 Å². The van der Waals surface area contributed by atoms with Crippen LogP contribution in [0.3, 0.4) is 0 Å². The van der Waals surface area contributed by atoms with E-state index in [1.807, 2.05) is 44.2 Å². The summed E-state index contributed by atoms with van der Waals surface area (Å²) in [6, 6.07) is 11.3. The first-order chi connectivity index (χ1) is 8.96. The van der Waals surface area contributed by atoms with Gasteiger partial charge in [0.15, 0.2) is 5.69 Å². The van der Waals surface area contributed by atoms with Crippen molar-refractivity contribution in [3.8, 4) is 5.69 Å². The third-order valence-corrected chi connectivity index (χ3v) is 2.55. The molecule has 2 rings (SSSR count). The summed E-state index contributed by atoms with van der Waals surface area (Å²) in [6.45, 7) is 4.12. The lowest BCUT2D eigenvalue weighted by Gasteiger charge is -2.18. The Morgan fingerprint density at radius 3 is 2.63 bits per heavy atom. The van der Waals surface area contributed by atoms with Gasteiger partial charge in [-0.2, -0.15) is 5.10 Å². The Labute approximate surface area is 112 Å². The van der Waals surface area contributed by atoms with E-state index in [2.05, 4.69) is 10.4 Å². The Kier molecular flexibility index (Phi) is 3.66. The predicted molar refractivity (Wildman–Crippen MR) is 74.2 cm³/mol. The summed E-state index contributed by atoms with van der Waals surface area (Å²) in [7, 11) is 0. The number of aromatic nitrogens is 2. The van der Waals surface area contributed by atoms with E-state index < -0.39 is 5.54 Å². The van der Waals surface area contributed by atoms with Crippen LogP contribution in [0.5, 0.6) is 0 Å². The minimum absolute atomic E-state index is 0.215. The Balaban J connectivity index is 2.07. The average Bonchev–Trinajstić information content (AvgIpc) is 2.86. The first-order valence-electron chi connectivity index (χ1n) is 6.14. The SMILES string of the molecule is CC(C)(N)CNC(=O)c1ccn(-c2ccccc2)n1. The molecule has 0 saturated carbocycles. The van der Waals surface area contributed by atoms with Gasteiger partial charge in [-0.1, -0.05) is 18.2 Å². The van der Waals surface area contributed by atoms with Gasteiger partial charge in [0.05, 0.1) is 5.69 Å². The standard InChI is InChI=1S/C14H18N4O/c1-14(2,15)10-16-13(19)12-8-9-18(17-12)11-6-4-3-5-7-11/h3-9H,10,15H2,1-2H3,(H,16,19). The third-order valence-electron chi connectivity index (χ3n) is 2.55. The van der Waals surface area contributed by atoms with Gasteiger partial charge in [0.2, 0.25) is 0 Å². The molecule has 0 atom stereocenters. The third kappa shape index (κ3) is 3.66. The molecule has 2 aromatic rings. The zero-order valence-corrected chi connectivity index (χ0v) is 11.1. The number of rotatable bonds is 4. The van der Waals surface area contributed by atoms with Crippen LogP contribution in [0.1, 0.15) is 24.3 Å². The number of benzene rings is 1. The normalized spacial score (nSPS) is 11.3. The maximum Gasteiger partial charge on any atom is 0.271 e. The van der Waals surface area contributed by atoms with Crippen molar-refractivity contribution in [3.63, 3.8) is 0 Å². The number of para-hydroxylation sites is 1. The van der Waals surface area contributed by atoms with E-state index in [1.54, 1.807) is 16.9 Å². The van der Waals surface area contributed by atoms with Crippen LogP contribution in [0.25, 0.3) is 5.69 Å². The van der Waals surface area contributed by atoms with Gasteiger partial charge in [-0.15, -0.1) is 0 Å². The van der Waals surface area contributed by atoms with E-state index in [0.717, 1.165) is 5.69 Å².